The number of fused-ring (bicyclic) bond motifs is 2. The molecule has 2 heteroatoms. The van der Waals surface area contributed by atoms with Gasteiger partial charge in [0.05, 0.1) is 6.33 Å². The Kier molecular flexibility index (Phi) is 7.08. The topological polar surface area (TPSA) is 0 Å². The van der Waals surface area contributed by atoms with Crippen molar-refractivity contribution >= 4 is 0 Å². The van der Waals surface area contributed by atoms with Gasteiger partial charge in [0.2, 0.25) is 0 Å². The Balaban J connectivity index is 1.40. The highest BCUT2D eigenvalue weighted by Gasteiger charge is 2.36. The number of hydrogen-bond donors (Lipinski definition) is 0. The third-order valence-electron chi connectivity index (χ3n) is 8.30. The van der Waals surface area contributed by atoms with Crippen molar-refractivity contribution in [2.45, 2.75) is 96.3 Å². The van der Waals surface area contributed by atoms with Gasteiger partial charge in [-0.25, -0.2) is 8.78 Å². The molecule has 0 heterocycles. The van der Waals surface area contributed by atoms with Crippen LogP contribution >= 0.6 is 0 Å². The summed E-state index contributed by atoms with van der Waals surface area (Å²) in [7, 11) is 0. The van der Waals surface area contributed by atoms with Crippen molar-refractivity contribution in [2.75, 3.05) is 0 Å². The monoisotopic (exact) mass is 400 g/mol. The zero-order valence-electron chi connectivity index (χ0n) is 18.1. The van der Waals surface area contributed by atoms with Crippen molar-refractivity contribution in [3.63, 3.8) is 0 Å². The average molecular weight is 401 g/mol. The molecule has 0 spiro atoms. The van der Waals surface area contributed by atoms with Crippen LogP contribution < -0.4 is 0 Å². The number of benzene rings is 1. The zero-order chi connectivity index (χ0) is 20.2. The van der Waals surface area contributed by atoms with Gasteiger partial charge >= 0.3 is 0 Å². The van der Waals surface area contributed by atoms with Gasteiger partial charge in [-0.3, -0.25) is 0 Å². The van der Waals surface area contributed by atoms with E-state index in [2.05, 4.69) is 13.0 Å². The predicted molar refractivity (Wildman–Crippen MR) is 117 cm³/mol. The molecule has 1 aromatic carbocycles. The van der Waals surface area contributed by atoms with Crippen LogP contribution in [0.25, 0.3) is 0 Å². The molecule has 0 nitrogen and oxygen atoms in total. The Morgan fingerprint density at radius 1 is 0.966 bits per heavy atom. The normalized spacial score (nSPS) is 32.2. The van der Waals surface area contributed by atoms with Gasteiger partial charge in [-0.2, -0.15) is 0 Å². The molecule has 3 aliphatic carbocycles. The lowest BCUT2D eigenvalue weighted by molar-refractivity contribution is 0.132. The van der Waals surface area contributed by atoms with Crippen LogP contribution in [0.1, 0.15) is 100 Å². The van der Waals surface area contributed by atoms with Crippen LogP contribution in [-0.2, 0) is 12.8 Å². The van der Waals surface area contributed by atoms with Crippen LogP contribution in [-0.4, -0.2) is 0 Å². The van der Waals surface area contributed by atoms with Gasteiger partial charge < -0.3 is 0 Å². The predicted octanol–water partition coefficient (Wildman–Crippen LogP) is 8.29. The summed E-state index contributed by atoms with van der Waals surface area (Å²) in [6.07, 6.45) is 18.0. The molecule has 5 unspecified atom stereocenters. The molecule has 0 radical (unpaired) electrons. The molecule has 0 aromatic heterocycles. The lowest BCUT2D eigenvalue weighted by Gasteiger charge is -2.42. The second-order valence-electron chi connectivity index (χ2n) is 10.2. The molecule has 29 heavy (non-hydrogen) atoms. The highest BCUT2D eigenvalue weighted by Crippen LogP contribution is 2.48. The van der Waals surface area contributed by atoms with Gasteiger partial charge in [0.25, 0.3) is 0 Å². The quantitative estimate of drug-likeness (QED) is 0.421. The largest absolute Gasteiger partial charge is 0.216 e. The Morgan fingerprint density at radius 2 is 1.79 bits per heavy atom. The molecule has 3 aliphatic rings. The molecule has 2 saturated carbocycles. The number of aryl methyl sites for hydroxylation is 1. The van der Waals surface area contributed by atoms with Crippen LogP contribution in [0.15, 0.2) is 24.5 Å². The first kappa shape index (κ1) is 21.1. The summed E-state index contributed by atoms with van der Waals surface area (Å²) in [5.41, 5.74) is 3.70. The van der Waals surface area contributed by atoms with E-state index in [-0.39, 0.29) is 5.82 Å². The second kappa shape index (κ2) is 9.75. The number of unbranched alkanes of at least 4 members (excludes halogenated alkanes) is 2. The van der Waals surface area contributed by atoms with E-state index in [1.54, 1.807) is 6.08 Å². The summed E-state index contributed by atoms with van der Waals surface area (Å²) in [6.45, 7) is 2.26. The summed E-state index contributed by atoms with van der Waals surface area (Å²) in [4.78, 5) is 0. The molecule has 0 saturated heterocycles. The second-order valence-corrected chi connectivity index (χ2v) is 10.2. The summed E-state index contributed by atoms with van der Waals surface area (Å²) in [5, 5.41) is 0. The summed E-state index contributed by atoms with van der Waals surface area (Å²) in [5.74, 6) is 3.03. The first-order chi connectivity index (χ1) is 14.2. The lowest BCUT2D eigenvalue weighted by atomic mass is 9.63. The SMILES string of the molecule is CCCCCC1CCc2cc(C3CCC4CC(/C=C/F)CCC4C3)c(F)cc2C1. The summed E-state index contributed by atoms with van der Waals surface area (Å²) < 4.78 is 27.7. The number of rotatable bonds is 6. The van der Waals surface area contributed by atoms with E-state index in [9.17, 15) is 4.39 Å². The fourth-order valence-electron chi connectivity index (χ4n) is 6.60. The summed E-state index contributed by atoms with van der Waals surface area (Å²) >= 11 is 0. The van der Waals surface area contributed by atoms with E-state index >= 15 is 4.39 Å². The third-order valence-corrected chi connectivity index (χ3v) is 8.30. The van der Waals surface area contributed by atoms with Crippen LogP contribution in [0, 0.1) is 29.5 Å². The van der Waals surface area contributed by atoms with E-state index in [4.69, 9.17) is 0 Å². The smallest absolute Gasteiger partial charge is 0.126 e. The van der Waals surface area contributed by atoms with Crippen molar-refractivity contribution in [3.8, 4) is 0 Å². The van der Waals surface area contributed by atoms with Gasteiger partial charge in [-0.1, -0.05) is 44.7 Å². The van der Waals surface area contributed by atoms with Gasteiger partial charge in [0, 0.05) is 0 Å². The van der Waals surface area contributed by atoms with Crippen molar-refractivity contribution in [1.82, 2.24) is 0 Å². The maximum atomic E-state index is 15.1. The fraction of sp³-hybridized carbons (Fsp3) is 0.704. The van der Waals surface area contributed by atoms with Crippen molar-refractivity contribution < 1.29 is 8.78 Å². The molecule has 1 aromatic rings. The molecule has 0 amide bonds. The molecule has 160 valence electrons. The molecule has 0 aliphatic heterocycles. The standard InChI is InChI=1S/C27H38F2/c1-2-3-4-5-19-6-9-23-17-26(27(29)18-25(23)15-19)24-11-10-21-14-20(12-13-28)7-8-22(21)16-24/h12-13,17-22,24H,2-11,14-16H2,1H3/b13-12+. The van der Waals surface area contributed by atoms with Crippen molar-refractivity contribution in [2.24, 2.45) is 23.7 Å². The van der Waals surface area contributed by atoms with Crippen LogP contribution in [0.4, 0.5) is 8.78 Å². The van der Waals surface area contributed by atoms with Gasteiger partial charge in [-0.15, -0.1) is 0 Å². The van der Waals surface area contributed by atoms with Crippen molar-refractivity contribution in [1.29, 1.82) is 0 Å². The van der Waals surface area contributed by atoms with Crippen molar-refractivity contribution in [3.05, 3.63) is 47.0 Å². The molecular formula is C27H38F2. The first-order valence-electron chi connectivity index (χ1n) is 12.3. The molecule has 0 bridgehead atoms. The van der Waals surface area contributed by atoms with Crippen LogP contribution in [0.3, 0.4) is 0 Å². The minimum absolute atomic E-state index is 0.0513. The maximum Gasteiger partial charge on any atom is 0.126 e. The number of hydrogen-bond acceptors (Lipinski definition) is 0. The fourth-order valence-corrected chi connectivity index (χ4v) is 6.60. The van der Waals surface area contributed by atoms with Gasteiger partial charge in [0.1, 0.15) is 5.82 Å². The number of halogens is 2. The lowest BCUT2D eigenvalue weighted by Crippen LogP contribution is -2.30. The molecule has 5 atom stereocenters. The van der Waals surface area contributed by atoms with Crippen LogP contribution in [0.2, 0.25) is 0 Å². The Labute approximate surface area is 176 Å². The van der Waals surface area contributed by atoms with E-state index < -0.39 is 0 Å². The average Bonchev–Trinajstić information content (AvgIpc) is 2.73. The third kappa shape index (κ3) is 4.94. The Morgan fingerprint density at radius 3 is 2.62 bits per heavy atom. The highest BCUT2D eigenvalue weighted by atomic mass is 19.1. The Bertz CT molecular complexity index is 707. The summed E-state index contributed by atoms with van der Waals surface area (Å²) in [6, 6.07) is 4.14. The van der Waals surface area contributed by atoms with Gasteiger partial charge in [-0.05, 0) is 110 Å². The molecular weight excluding hydrogens is 362 g/mol. The Hall–Kier alpha value is -1.18. The first-order valence-corrected chi connectivity index (χ1v) is 12.3. The van der Waals surface area contributed by atoms with E-state index in [0.29, 0.717) is 23.7 Å². The molecule has 0 N–H and O–H groups in total. The van der Waals surface area contributed by atoms with Gasteiger partial charge in [0.15, 0.2) is 0 Å². The zero-order valence-corrected chi connectivity index (χ0v) is 18.1. The van der Waals surface area contributed by atoms with E-state index in [0.717, 1.165) is 56.3 Å². The minimum atomic E-state index is 0.0513. The highest BCUT2D eigenvalue weighted by molar-refractivity contribution is 5.37. The molecule has 2 fully saturated rings. The molecule has 4 rings (SSSR count). The minimum Gasteiger partial charge on any atom is -0.216 e. The maximum absolute atomic E-state index is 15.1. The number of allylic oxidation sites excluding steroid dienone is 1. The van der Waals surface area contributed by atoms with E-state index in [1.165, 1.54) is 56.1 Å². The van der Waals surface area contributed by atoms with Crippen LogP contribution in [0.5, 0.6) is 0 Å². The van der Waals surface area contributed by atoms with E-state index in [1.807, 2.05) is 6.07 Å².